The minimum atomic E-state index is -1.28. The van der Waals surface area contributed by atoms with Crippen LogP contribution in [0.15, 0.2) is 46.0 Å². The summed E-state index contributed by atoms with van der Waals surface area (Å²) in [5, 5.41) is 2.63. The maximum Gasteiger partial charge on any atom is 0.329 e. The fraction of sp³-hybridized carbons (Fsp3) is 0.400. The second kappa shape index (κ2) is 8.67. The van der Waals surface area contributed by atoms with Gasteiger partial charge in [-0.1, -0.05) is 6.07 Å². The molecule has 10 heteroatoms. The van der Waals surface area contributed by atoms with Crippen molar-refractivity contribution in [2.24, 2.45) is 5.41 Å². The predicted octanol–water partition coefficient (Wildman–Crippen LogP) is 3.48. The average molecular weight is 487 g/mol. The van der Waals surface area contributed by atoms with E-state index in [1.807, 2.05) is 0 Å². The number of rotatable bonds is 5. The highest BCUT2D eigenvalue weighted by molar-refractivity contribution is 5.83. The highest BCUT2D eigenvalue weighted by Crippen LogP contribution is 2.49. The zero-order valence-electron chi connectivity index (χ0n) is 18.9. The van der Waals surface area contributed by atoms with Crippen LogP contribution in [0, 0.1) is 22.9 Å². The van der Waals surface area contributed by atoms with Crippen molar-refractivity contribution in [3.8, 4) is 0 Å². The number of nitrogens with zero attached hydrogens (tertiary/aromatic N) is 1. The van der Waals surface area contributed by atoms with E-state index in [1.165, 1.54) is 19.1 Å². The number of amides is 1. The molecule has 2 bridgehead atoms. The average Bonchev–Trinajstić information content (AvgIpc) is 2.83. The maximum atomic E-state index is 14.4. The van der Waals surface area contributed by atoms with Crippen LogP contribution < -0.4 is 16.6 Å². The Morgan fingerprint density at radius 3 is 2.46 bits per heavy atom. The van der Waals surface area contributed by atoms with Gasteiger partial charge >= 0.3 is 5.69 Å². The van der Waals surface area contributed by atoms with Gasteiger partial charge in [0.2, 0.25) is 5.91 Å². The summed E-state index contributed by atoms with van der Waals surface area (Å²) >= 11 is 0. The van der Waals surface area contributed by atoms with E-state index in [1.54, 1.807) is 0 Å². The summed E-state index contributed by atoms with van der Waals surface area (Å²) in [4.78, 5) is 42.9. The van der Waals surface area contributed by atoms with Crippen LogP contribution in [0.5, 0.6) is 0 Å². The molecule has 1 aliphatic carbocycles. The molecule has 7 nitrogen and oxygen atoms in total. The van der Waals surface area contributed by atoms with Gasteiger partial charge in [-0.3, -0.25) is 9.59 Å². The van der Waals surface area contributed by atoms with Crippen LogP contribution in [0.1, 0.15) is 50.3 Å². The first kappa shape index (κ1) is 23.3. The molecule has 0 unspecified atom stereocenters. The van der Waals surface area contributed by atoms with Crippen molar-refractivity contribution in [1.82, 2.24) is 14.9 Å². The number of aromatic amines is 1. The summed E-state index contributed by atoms with van der Waals surface area (Å²) in [5.41, 5.74) is -2.25. The van der Waals surface area contributed by atoms with E-state index in [9.17, 15) is 27.6 Å². The van der Waals surface area contributed by atoms with E-state index in [2.05, 4.69) is 10.3 Å². The largest absolute Gasteiger partial charge is 0.378 e. The van der Waals surface area contributed by atoms with Gasteiger partial charge in [-0.05, 0) is 56.9 Å². The summed E-state index contributed by atoms with van der Waals surface area (Å²) < 4.78 is 48.4. The maximum absolute atomic E-state index is 14.4. The second-order valence-corrected chi connectivity index (χ2v) is 9.47. The van der Waals surface area contributed by atoms with E-state index in [-0.39, 0.29) is 29.2 Å². The van der Waals surface area contributed by atoms with Gasteiger partial charge < -0.3 is 15.0 Å². The highest BCUT2D eigenvalue weighted by atomic mass is 19.1. The SMILES string of the molecule is C[C@@H](NC(=O)[C@@H](n1c(=O)[nH]c2ccc(F)cc2c1=O)C12CCC(CC1)OC2)c1ccc(F)cc1F. The molecule has 3 aliphatic rings. The lowest BCUT2D eigenvalue weighted by atomic mass is 9.66. The summed E-state index contributed by atoms with van der Waals surface area (Å²) in [6.45, 7) is 1.70. The zero-order valence-corrected chi connectivity index (χ0v) is 18.9. The van der Waals surface area contributed by atoms with Gasteiger partial charge in [-0.15, -0.1) is 0 Å². The van der Waals surface area contributed by atoms with Crippen molar-refractivity contribution in [3.63, 3.8) is 0 Å². The molecule has 2 aromatic carbocycles. The monoisotopic (exact) mass is 487 g/mol. The lowest BCUT2D eigenvalue weighted by Crippen LogP contribution is -2.57. The normalized spacial score (nSPS) is 23.3. The summed E-state index contributed by atoms with van der Waals surface area (Å²) in [5.74, 6) is -2.91. The molecular formula is C25H24F3N3O4. The van der Waals surface area contributed by atoms with Crippen molar-refractivity contribution in [3.05, 3.63) is 80.3 Å². The minimum Gasteiger partial charge on any atom is -0.378 e. The van der Waals surface area contributed by atoms with E-state index in [0.29, 0.717) is 25.7 Å². The Balaban J connectivity index is 1.61. The first-order valence-corrected chi connectivity index (χ1v) is 11.5. The number of hydrogen-bond donors (Lipinski definition) is 2. The highest BCUT2D eigenvalue weighted by Gasteiger charge is 2.51. The van der Waals surface area contributed by atoms with Gasteiger partial charge in [-0.25, -0.2) is 22.5 Å². The number of carbonyl (C=O) groups is 1. The first-order valence-electron chi connectivity index (χ1n) is 11.5. The van der Waals surface area contributed by atoms with Crippen molar-refractivity contribution < 1.29 is 22.7 Å². The molecule has 3 fully saturated rings. The number of aromatic nitrogens is 2. The lowest BCUT2D eigenvalue weighted by molar-refractivity contribution is -0.155. The molecule has 6 rings (SSSR count). The Kier molecular flexibility index (Phi) is 5.79. The number of H-pyrrole nitrogens is 1. The number of benzene rings is 2. The van der Waals surface area contributed by atoms with Gasteiger partial charge in [0.05, 0.1) is 29.7 Å². The minimum absolute atomic E-state index is 0.0569. The molecule has 2 N–H and O–H groups in total. The Bertz CT molecular complexity index is 1410. The molecule has 35 heavy (non-hydrogen) atoms. The molecule has 2 aliphatic heterocycles. The van der Waals surface area contributed by atoms with Crippen molar-refractivity contribution in [2.45, 2.75) is 50.8 Å². The third-order valence-corrected chi connectivity index (χ3v) is 7.30. The third kappa shape index (κ3) is 4.05. The van der Waals surface area contributed by atoms with Crippen molar-refractivity contribution >= 4 is 16.8 Å². The van der Waals surface area contributed by atoms with Gasteiger partial charge in [0.15, 0.2) is 0 Å². The van der Waals surface area contributed by atoms with Crippen molar-refractivity contribution in [1.29, 1.82) is 0 Å². The molecule has 1 amide bonds. The quantitative estimate of drug-likeness (QED) is 0.576. The fourth-order valence-electron chi connectivity index (χ4n) is 5.44. The van der Waals surface area contributed by atoms with E-state index >= 15 is 0 Å². The molecule has 2 atom stereocenters. The molecule has 1 saturated carbocycles. The number of fused-ring (bicyclic) bond motifs is 4. The summed E-state index contributed by atoms with van der Waals surface area (Å²) in [7, 11) is 0. The Hall–Kier alpha value is -3.40. The van der Waals surface area contributed by atoms with Crippen LogP contribution >= 0.6 is 0 Å². The molecule has 3 heterocycles. The zero-order chi connectivity index (χ0) is 24.9. The number of carbonyl (C=O) groups excluding carboxylic acids is 1. The number of ether oxygens (including phenoxy) is 1. The van der Waals surface area contributed by atoms with Crippen LogP contribution in [0.4, 0.5) is 13.2 Å². The fourth-order valence-corrected chi connectivity index (χ4v) is 5.44. The molecule has 184 valence electrons. The molecule has 0 spiro atoms. The molecule has 1 aromatic heterocycles. The Morgan fingerprint density at radius 2 is 1.80 bits per heavy atom. The predicted molar refractivity (Wildman–Crippen MR) is 121 cm³/mol. The van der Waals surface area contributed by atoms with Crippen LogP contribution in [-0.2, 0) is 9.53 Å². The second-order valence-electron chi connectivity index (χ2n) is 9.47. The smallest absolute Gasteiger partial charge is 0.329 e. The third-order valence-electron chi connectivity index (χ3n) is 7.30. The van der Waals surface area contributed by atoms with Crippen LogP contribution in [0.25, 0.3) is 10.9 Å². The first-order chi connectivity index (χ1) is 16.7. The van der Waals surface area contributed by atoms with Gasteiger partial charge in [-0.2, -0.15) is 0 Å². The van der Waals surface area contributed by atoms with Crippen molar-refractivity contribution in [2.75, 3.05) is 6.61 Å². The van der Waals surface area contributed by atoms with Crippen LogP contribution in [0.2, 0.25) is 0 Å². The van der Waals surface area contributed by atoms with Gasteiger partial charge in [0.1, 0.15) is 23.5 Å². The molecule has 2 saturated heterocycles. The van der Waals surface area contributed by atoms with Gasteiger partial charge in [0, 0.05) is 17.0 Å². The number of halogens is 3. The molecular weight excluding hydrogens is 463 g/mol. The Labute approximate surface area is 197 Å². The van der Waals surface area contributed by atoms with E-state index in [0.717, 1.165) is 28.8 Å². The number of hydrogen-bond acceptors (Lipinski definition) is 4. The van der Waals surface area contributed by atoms with Gasteiger partial charge in [0.25, 0.3) is 5.56 Å². The van der Waals surface area contributed by atoms with E-state index in [4.69, 9.17) is 4.74 Å². The Morgan fingerprint density at radius 1 is 1.11 bits per heavy atom. The summed E-state index contributed by atoms with van der Waals surface area (Å²) in [6, 6.07) is 4.31. The lowest BCUT2D eigenvalue weighted by Gasteiger charge is -2.49. The summed E-state index contributed by atoms with van der Waals surface area (Å²) in [6.07, 6.45) is 2.49. The van der Waals surface area contributed by atoms with Crippen LogP contribution in [0.3, 0.4) is 0 Å². The molecule has 0 radical (unpaired) electrons. The van der Waals surface area contributed by atoms with E-state index < -0.39 is 52.1 Å². The standard InChI is InChI=1S/C25H24F3N3O4/c1-13(17-4-2-15(27)11-19(17)28)29-22(32)21(25-8-6-16(7-9-25)35-12-25)31-23(33)18-10-14(26)3-5-20(18)30-24(31)34/h2-5,10-11,13,16,21H,6-9,12H2,1H3,(H,29,32)(H,30,34)/t13-,16?,21-,25?/m1/s1. The number of nitrogens with one attached hydrogen (secondary N) is 2. The molecule has 3 aromatic rings. The van der Waals surface area contributed by atoms with Crippen LogP contribution in [-0.4, -0.2) is 28.2 Å². The topological polar surface area (TPSA) is 93.2 Å².